The molecular formula is C71H76N2. The van der Waals surface area contributed by atoms with E-state index in [1.165, 1.54) is 105 Å². The molecule has 9 aromatic rings. The molecule has 2 aromatic heterocycles. The zero-order chi connectivity index (χ0) is 52.4. The lowest BCUT2D eigenvalue weighted by atomic mass is 9.84. The molecule has 0 unspecified atom stereocenters. The number of rotatable bonds is 11. The molecule has 73 heavy (non-hydrogen) atoms. The predicted octanol–water partition coefficient (Wildman–Crippen LogP) is 21.3. The van der Waals surface area contributed by atoms with E-state index in [-0.39, 0.29) is 0 Å². The van der Waals surface area contributed by atoms with Gasteiger partial charge in [0.05, 0.1) is 22.2 Å². The van der Waals surface area contributed by atoms with E-state index in [9.17, 15) is 0 Å². The van der Waals surface area contributed by atoms with Gasteiger partial charge in [-0.15, -0.1) is 0 Å². The summed E-state index contributed by atoms with van der Waals surface area (Å²) in [5.41, 5.74) is 16.5. The number of nitrogens with zero attached hydrogens (tertiary/aromatic N) is 2. The number of aliphatic imine (C=N–C) groups is 1. The van der Waals surface area contributed by atoms with Gasteiger partial charge in [0.25, 0.3) is 0 Å². The van der Waals surface area contributed by atoms with E-state index in [2.05, 4.69) is 242 Å². The Bertz CT molecular complexity index is 3590. The Balaban J connectivity index is 0.000000229. The fourth-order valence-electron chi connectivity index (χ4n) is 9.80. The van der Waals surface area contributed by atoms with Gasteiger partial charge in [0, 0.05) is 32.8 Å². The van der Waals surface area contributed by atoms with Crippen LogP contribution in [0, 0.1) is 6.92 Å². The van der Waals surface area contributed by atoms with Gasteiger partial charge in [0.1, 0.15) is 0 Å². The Morgan fingerprint density at radius 1 is 0.630 bits per heavy atom. The van der Waals surface area contributed by atoms with Gasteiger partial charge >= 0.3 is 0 Å². The van der Waals surface area contributed by atoms with Crippen molar-refractivity contribution in [3.05, 3.63) is 258 Å². The van der Waals surface area contributed by atoms with Gasteiger partial charge in [0.2, 0.25) is 0 Å². The summed E-state index contributed by atoms with van der Waals surface area (Å²) < 4.78 is 2.48. The Kier molecular flexibility index (Phi) is 19.9. The molecule has 0 atom stereocenters. The standard InChI is InChI=1S/C39H27N.C25H29N.C3H8.2C2H6/c1-4-13-28(37-24(3)36-25(5-2)14-10-18-29(36)26-15-6-7-17-30(26)37)32-20-12-22-34-33-21-11-19-31-27-16-8-9-23-35(27)40(38(31)33)39(32)34;1-5-13-25(24-16-11-8-12-17-24)26-22(4)20(2)18-19-21(3)23-14-9-6-7-10-15-23;1-3-2;2*1-2/h4-23H,1-2H2,3H3;6-9,11-12,14-19H,4-5,10,13H2,1-3H3;3H2,1-2H3;2*1-2H3/b28-13-;20-18+,21-19+,26-25?;;;. The van der Waals surface area contributed by atoms with Crippen LogP contribution in [0.25, 0.3) is 71.3 Å². The van der Waals surface area contributed by atoms with Crippen LogP contribution < -0.4 is 0 Å². The van der Waals surface area contributed by atoms with Crippen molar-refractivity contribution in [2.45, 2.75) is 94.9 Å². The molecule has 0 fully saturated rings. The maximum Gasteiger partial charge on any atom is 0.0620 e. The number of para-hydroxylation sites is 3. The summed E-state index contributed by atoms with van der Waals surface area (Å²) in [6.45, 7) is 33.4. The topological polar surface area (TPSA) is 16.8 Å². The van der Waals surface area contributed by atoms with Gasteiger partial charge in [-0.1, -0.05) is 269 Å². The highest BCUT2D eigenvalue weighted by atomic mass is 14.9. The zero-order valence-electron chi connectivity index (χ0n) is 45.3. The molecular weight excluding hydrogens is 881 g/mol. The molecule has 0 amide bonds. The lowest BCUT2D eigenvalue weighted by Gasteiger charge is -2.20. The van der Waals surface area contributed by atoms with Crippen LogP contribution in [0.5, 0.6) is 0 Å². The van der Waals surface area contributed by atoms with Crippen LogP contribution in [-0.4, -0.2) is 10.1 Å². The largest absolute Gasteiger partial charge is 0.307 e. The highest BCUT2D eigenvalue weighted by Gasteiger charge is 2.23. The van der Waals surface area contributed by atoms with Crippen LogP contribution in [0.4, 0.5) is 0 Å². The second-order valence-electron chi connectivity index (χ2n) is 17.8. The molecule has 10 rings (SSSR count). The van der Waals surface area contributed by atoms with Crippen molar-refractivity contribution in [1.82, 2.24) is 4.40 Å². The van der Waals surface area contributed by atoms with E-state index in [4.69, 9.17) is 4.99 Å². The van der Waals surface area contributed by atoms with Crippen molar-refractivity contribution >= 4 is 77.0 Å². The van der Waals surface area contributed by atoms with Crippen LogP contribution in [0.2, 0.25) is 0 Å². The first kappa shape index (κ1) is 54.5. The first-order valence-corrected chi connectivity index (χ1v) is 26.5. The highest BCUT2D eigenvalue weighted by molar-refractivity contribution is 6.25. The molecule has 1 aliphatic carbocycles. The molecule has 0 saturated carbocycles. The summed E-state index contributed by atoms with van der Waals surface area (Å²) in [5.74, 6) is 0. The fourth-order valence-corrected chi connectivity index (χ4v) is 9.80. The van der Waals surface area contributed by atoms with E-state index >= 15 is 0 Å². The van der Waals surface area contributed by atoms with Crippen molar-refractivity contribution in [3.63, 3.8) is 0 Å². The number of benzene rings is 7. The Morgan fingerprint density at radius 2 is 1.22 bits per heavy atom. The molecule has 0 aliphatic heterocycles. The Labute approximate surface area is 437 Å². The van der Waals surface area contributed by atoms with E-state index in [1.54, 1.807) is 0 Å². The first-order chi connectivity index (χ1) is 35.8. The highest BCUT2D eigenvalue weighted by Crippen LogP contribution is 2.45. The van der Waals surface area contributed by atoms with E-state index in [1.807, 2.05) is 45.9 Å². The lowest BCUT2D eigenvalue weighted by Crippen LogP contribution is -2.01. The van der Waals surface area contributed by atoms with Crippen LogP contribution >= 0.6 is 0 Å². The lowest BCUT2D eigenvalue weighted by molar-refractivity contribution is 0.989. The SMILES string of the molecule is C=C(N=C(CCC)c1ccccc1)/C(C)=C/C=C(\C)C1=CCC=CC=C1.C=C/C=C(\c1c(C)c2c(C=C)cccc2c2ccccc12)c1cccc2c3cccc4c5ccccc5n(c12)c43.CC.CC.CCC. The normalized spacial score (nSPS) is 12.8. The van der Waals surface area contributed by atoms with Gasteiger partial charge in [-0.3, -0.25) is 4.99 Å². The number of aryl methyl sites for hydroxylation is 1. The molecule has 2 nitrogen and oxygen atoms in total. The van der Waals surface area contributed by atoms with Gasteiger partial charge in [-0.25, -0.2) is 0 Å². The molecule has 0 N–H and O–H groups in total. The zero-order valence-corrected chi connectivity index (χ0v) is 45.3. The minimum Gasteiger partial charge on any atom is -0.307 e. The summed E-state index contributed by atoms with van der Waals surface area (Å²) in [6.07, 6.45) is 25.4. The summed E-state index contributed by atoms with van der Waals surface area (Å²) in [7, 11) is 0. The minimum atomic E-state index is 0.827. The molecule has 0 bridgehead atoms. The molecule has 7 aromatic carbocycles. The Morgan fingerprint density at radius 3 is 1.90 bits per heavy atom. The number of hydrogen-bond acceptors (Lipinski definition) is 1. The molecule has 1 aliphatic rings. The molecule has 0 spiro atoms. The second kappa shape index (κ2) is 26.6. The third-order valence-electron chi connectivity index (χ3n) is 13.0. The smallest absolute Gasteiger partial charge is 0.0620 e. The monoisotopic (exact) mass is 957 g/mol. The maximum atomic E-state index is 4.83. The number of fused-ring (bicyclic) bond motifs is 9. The average Bonchev–Trinajstić information content (AvgIpc) is 3.81. The van der Waals surface area contributed by atoms with Crippen LogP contribution in [0.15, 0.2) is 235 Å². The molecule has 0 saturated heterocycles. The first-order valence-electron chi connectivity index (χ1n) is 26.5. The van der Waals surface area contributed by atoms with Gasteiger partial charge in [-0.05, 0) is 106 Å². The fraction of sp³-hybridized carbons (Fsp3) is 0.197. The van der Waals surface area contributed by atoms with Gasteiger partial charge < -0.3 is 4.40 Å². The molecule has 2 heteroatoms. The third kappa shape index (κ3) is 11.6. The van der Waals surface area contributed by atoms with Crippen LogP contribution in [0.1, 0.15) is 116 Å². The van der Waals surface area contributed by atoms with Crippen molar-refractivity contribution in [1.29, 1.82) is 0 Å². The molecule has 2 heterocycles. The molecule has 370 valence electrons. The van der Waals surface area contributed by atoms with E-state index < -0.39 is 0 Å². The van der Waals surface area contributed by atoms with Crippen LogP contribution in [-0.2, 0) is 0 Å². The summed E-state index contributed by atoms with van der Waals surface area (Å²) in [6, 6.07) is 47.9. The van der Waals surface area contributed by atoms with E-state index in [0.717, 1.165) is 41.8 Å². The average molecular weight is 957 g/mol. The summed E-state index contributed by atoms with van der Waals surface area (Å²) >= 11 is 0. The van der Waals surface area contributed by atoms with Crippen molar-refractivity contribution in [2.75, 3.05) is 0 Å². The number of hydrogen-bond donors (Lipinski definition) is 0. The van der Waals surface area contributed by atoms with Gasteiger partial charge in [0.15, 0.2) is 0 Å². The van der Waals surface area contributed by atoms with Crippen molar-refractivity contribution < 1.29 is 0 Å². The maximum absolute atomic E-state index is 4.83. The van der Waals surface area contributed by atoms with Crippen molar-refractivity contribution in [2.24, 2.45) is 4.99 Å². The third-order valence-corrected chi connectivity index (χ3v) is 13.0. The quantitative estimate of drug-likeness (QED) is 0.0698. The van der Waals surface area contributed by atoms with Crippen LogP contribution in [0.3, 0.4) is 0 Å². The number of aromatic nitrogens is 1. The van der Waals surface area contributed by atoms with Gasteiger partial charge in [-0.2, -0.15) is 0 Å². The summed E-state index contributed by atoms with van der Waals surface area (Å²) in [4.78, 5) is 4.83. The predicted molar refractivity (Wildman–Crippen MR) is 329 cm³/mol. The minimum absolute atomic E-state index is 0.827. The second-order valence-corrected chi connectivity index (χ2v) is 17.8. The van der Waals surface area contributed by atoms with E-state index in [0.29, 0.717) is 0 Å². The Hall–Kier alpha value is -7.81. The number of allylic oxidation sites excluding steroid dienone is 12. The summed E-state index contributed by atoms with van der Waals surface area (Å²) in [5, 5.41) is 10.2. The molecule has 0 radical (unpaired) electrons. The van der Waals surface area contributed by atoms with Crippen molar-refractivity contribution in [3.8, 4) is 0 Å².